The van der Waals surface area contributed by atoms with Crippen LogP contribution < -0.4 is 10.6 Å². The molecule has 3 aromatic rings. The molecule has 0 unspecified atom stereocenters. The van der Waals surface area contributed by atoms with Gasteiger partial charge in [-0.1, -0.05) is 36.4 Å². The van der Waals surface area contributed by atoms with Crippen LogP contribution in [-0.2, 0) is 0 Å². The molecule has 0 atom stereocenters. The van der Waals surface area contributed by atoms with Crippen LogP contribution in [0.25, 0.3) is 22.0 Å². The summed E-state index contributed by atoms with van der Waals surface area (Å²) in [6, 6.07) is 15.7. The van der Waals surface area contributed by atoms with Gasteiger partial charge >= 0.3 is 0 Å². The summed E-state index contributed by atoms with van der Waals surface area (Å²) in [7, 11) is 0. The molecule has 4 heteroatoms. The highest BCUT2D eigenvalue weighted by Crippen LogP contribution is 2.38. The van der Waals surface area contributed by atoms with Crippen LogP contribution in [0.5, 0.6) is 0 Å². The van der Waals surface area contributed by atoms with Crippen molar-refractivity contribution in [2.45, 2.75) is 19.3 Å². The van der Waals surface area contributed by atoms with Crippen molar-refractivity contribution in [3.05, 3.63) is 60.3 Å². The molecule has 126 valence electrons. The molecular formula is C21H21N3O. The SMILES string of the molecule is NC(=O)c1ccccc1-c1cnc2ccccc2c1N1CCCCC1. The van der Waals surface area contributed by atoms with E-state index in [1.807, 2.05) is 42.6 Å². The number of pyridine rings is 1. The van der Waals surface area contributed by atoms with E-state index in [0.717, 1.165) is 35.1 Å². The van der Waals surface area contributed by atoms with Crippen LogP contribution in [0.15, 0.2) is 54.7 Å². The van der Waals surface area contributed by atoms with E-state index in [1.165, 1.54) is 24.9 Å². The number of fused-ring (bicyclic) bond motifs is 1. The topological polar surface area (TPSA) is 59.2 Å². The standard InChI is InChI=1S/C21H21N3O/c22-21(25)16-9-3-2-8-15(16)18-14-23-19-11-5-4-10-17(19)20(18)24-12-6-1-7-13-24/h2-5,8-11,14H,1,6-7,12-13H2,(H2,22,25). The zero-order valence-electron chi connectivity index (χ0n) is 14.1. The van der Waals surface area contributed by atoms with Gasteiger partial charge in [-0.2, -0.15) is 0 Å². The number of benzene rings is 2. The molecule has 25 heavy (non-hydrogen) atoms. The summed E-state index contributed by atoms with van der Waals surface area (Å²) in [5, 5.41) is 1.13. The number of amides is 1. The molecule has 0 aliphatic carbocycles. The molecule has 0 radical (unpaired) electrons. The zero-order valence-corrected chi connectivity index (χ0v) is 14.1. The van der Waals surface area contributed by atoms with Crippen molar-refractivity contribution in [2.24, 2.45) is 5.73 Å². The fourth-order valence-electron chi connectivity index (χ4n) is 3.71. The molecular weight excluding hydrogens is 310 g/mol. The normalized spacial score (nSPS) is 14.6. The summed E-state index contributed by atoms with van der Waals surface area (Å²) in [6.07, 6.45) is 5.53. The van der Waals surface area contributed by atoms with E-state index in [9.17, 15) is 4.79 Å². The van der Waals surface area contributed by atoms with Crippen LogP contribution in [-0.4, -0.2) is 24.0 Å². The Morgan fingerprint density at radius 3 is 2.44 bits per heavy atom. The molecule has 4 nitrogen and oxygen atoms in total. The number of carbonyl (C=O) groups excluding carboxylic acids is 1. The van der Waals surface area contributed by atoms with Gasteiger partial charge in [0.15, 0.2) is 0 Å². The maximum Gasteiger partial charge on any atom is 0.249 e. The Morgan fingerprint density at radius 1 is 0.920 bits per heavy atom. The first kappa shape index (κ1) is 15.6. The maximum atomic E-state index is 11.9. The fraction of sp³-hybridized carbons (Fsp3) is 0.238. The average Bonchev–Trinajstić information content (AvgIpc) is 2.67. The predicted molar refractivity (Wildman–Crippen MR) is 102 cm³/mol. The highest BCUT2D eigenvalue weighted by atomic mass is 16.1. The van der Waals surface area contributed by atoms with Gasteiger partial charge in [0, 0.05) is 35.8 Å². The second kappa shape index (κ2) is 6.55. The third-order valence-corrected chi connectivity index (χ3v) is 4.90. The van der Waals surface area contributed by atoms with E-state index in [0.29, 0.717) is 5.56 Å². The summed E-state index contributed by atoms with van der Waals surface area (Å²) >= 11 is 0. The second-order valence-corrected chi connectivity index (χ2v) is 6.50. The minimum absolute atomic E-state index is 0.409. The summed E-state index contributed by atoms with van der Waals surface area (Å²) in [5.74, 6) is -0.409. The summed E-state index contributed by atoms with van der Waals surface area (Å²) in [4.78, 5) is 19.0. The first-order valence-corrected chi connectivity index (χ1v) is 8.77. The van der Waals surface area contributed by atoms with Crippen molar-refractivity contribution < 1.29 is 4.79 Å². The zero-order chi connectivity index (χ0) is 17.2. The molecule has 1 fully saturated rings. The van der Waals surface area contributed by atoms with Crippen molar-refractivity contribution in [2.75, 3.05) is 18.0 Å². The van der Waals surface area contributed by atoms with Crippen LogP contribution >= 0.6 is 0 Å². The lowest BCUT2D eigenvalue weighted by atomic mass is 9.95. The molecule has 4 rings (SSSR count). The van der Waals surface area contributed by atoms with Gasteiger partial charge in [-0.05, 0) is 37.0 Å². The van der Waals surface area contributed by atoms with Gasteiger partial charge in [0.2, 0.25) is 5.91 Å². The monoisotopic (exact) mass is 331 g/mol. The molecule has 1 aliphatic rings. The van der Waals surface area contributed by atoms with Crippen molar-refractivity contribution in [1.29, 1.82) is 0 Å². The number of aromatic nitrogens is 1. The molecule has 1 aromatic heterocycles. The maximum absolute atomic E-state index is 11.9. The Hall–Kier alpha value is -2.88. The molecule has 0 bridgehead atoms. The number of nitrogens with zero attached hydrogens (tertiary/aromatic N) is 2. The van der Waals surface area contributed by atoms with Gasteiger partial charge in [0.05, 0.1) is 11.2 Å². The Bertz CT molecular complexity index is 929. The van der Waals surface area contributed by atoms with E-state index >= 15 is 0 Å². The number of carbonyl (C=O) groups is 1. The Balaban J connectivity index is 1.99. The summed E-state index contributed by atoms with van der Waals surface area (Å²) in [5.41, 5.74) is 10.1. The first-order valence-electron chi connectivity index (χ1n) is 8.77. The van der Waals surface area contributed by atoms with Gasteiger partial charge in [0.1, 0.15) is 0 Å². The highest BCUT2D eigenvalue weighted by molar-refractivity contribution is 6.05. The van der Waals surface area contributed by atoms with Crippen LogP contribution in [0.3, 0.4) is 0 Å². The third kappa shape index (κ3) is 2.84. The minimum atomic E-state index is -0.409. The molecule has 0 spiro atoms. The molecule has 2 aromatic carbocycles. The number of hydrogen-bond donors (Lipinski definition) is 1. The molecule has 1 aliphatic heterocycles. The molecule has 0 saturated carbocycles. The van der Waals surface area contributed by atoms with Gasteiger partial charge in [-0.15, -0.1) is 0 Å². The van der Waals surface area contributed by atoms with Crippen molar-refractivity contribution >= 4 is 22.5 Å². The predicted octanol–water partition coefficient (Wildman–Crippen LogP) is 3.99. The fourth-order valence-corrected chi connectivity index (χ4v) is 3.71. The first-order chi connectivity index (χ1) is 12.3. The number of hydrogen-bond acceptors (Lipinski definition) is 3. The van der Waals surface area contributed by atoms with Gasteiger partial charge < -0.3 is 10.6 Å². The van der Waals surface area contributed by atoms with Gasteiger partial charge in [-0.3, -0.25) is 9.78 Å². The smallest absolute Gasteiger partial charge is 0.249 e. The van der Waals surface area contributed by atoms with E-state index < -0.39 is 5.91 Å². The number of nitrogens with two attached hydrogens (primary N) is 1. The van der Waals surface area contributed by atoms with Crippen LogP contribution in [0, 0.1) is 0 Å². The second-order valence-electron chi connectivity index (χ2n) is 6.50. The molecule has 1 saturated heterocycles. The van der Waals surface area contributed by atoms with Crippen molar-refractivity contribution in [1.82, 2.24) is 4.98 Å². The summed E-state index contributed by atoms with van der Waals surface area (Å²) < 4.78 is 0. The number of rotatable bonds is 3. The highest BCUT2D eigenvalue weighted by Gasteiger charge is 2.21. The Kier molecular flexibility index (Phi) is 4.10. The van der Waals surface area contributed by atoms with Crippen LogP contribution in [0.4, 0.5) is 5.69 Å². The van der Waals surface area contributed by atoms with Crippen molar-refractivity contribution in [3.8, 4) is 11.1 Å². The molecule has 2 N–H and O–H groups in total. The van der Waals surface area contributed by atoms with Gasteiger partial charge in [0.25, 0.3) is 0 Å². The van der Waals surface area contributed by atoms with E-state index in [4.69, 9.17) is 5.73 Å². The molecule has 2 heterocycles. The number of para-hydroxylation sites is 1. The van der Waals surface area contributed by atoms with Crippen LogP contribution in [0.1, 0.15) is 29.6 Å². The minimum Gasteiger partial charge on any atom is -0.370 e. The lowest BCUT2D eigenvalue weighted by Crippen LogP contribution is -2.30. The van der Waals surface area contributed by atoms with E-state index in [1.54, 1.807) is 6.07 Å². The number of piperidine rings is 1. The van der Waals surface area contributed by atoms with Crippen LogP contribution in [0.2, 0.25) is 0 Å². The average molecular weight is 331 g/mol. The molecule has 1 amide bonds. The lowest BCUT2D eigenvalue weighted by molar-refractivity contribution is 0.100. The van der Waals surface area contributed by atoms with Gasteiger partial charge in [-0.25, -0.2) is 0 Å². The van der Waals surface area contributed by atoms with E-state index in [2.05, 4.69) is 16.0 Å². The third-order valence-electron chi connectivity index (χ3n) is 4.90. The number of primary amides is 1. The summed E-state index contributed by atoms with van der Waals surface area (Å²) in [6.45, 7) is 2.06. The van der Waals surface area contributed by atoms with E-state index in [-0.39, 0.29) is 0 Å². The Labute approximate surface area is 147 Å². The number of anilines is 1. The largest absolute Gasteiger partial charge is 0.370 e. The lowest BCUT2D eigenvalue weighted by Gasteiger charge is -2.32. The quantitative estimate of drug-likeness (QED) is 0.789. The Morgan fingerprint density at radius 2 is 1.64 bits per heavy atom. The van der Waals surface area contributed by atoms with Crippen molar-refractivity contribution in [3.63, 3.8) is 0 Å².